The van der Waals surface area contributed by atoms with Crippen LogP contribution in [0.15, 0.2) is 0 Å². The highest BCUT2D eigenvalue weighted by Crippen LogP contribution is 2.30. The number of hydrogen-bond acceptors (Lipinski definition) is 17. The zero-order chi connectivity index (χ0) is 29.1. The summed E-state index contributed by atoms with van der Waals surface area (Å²) in [5.41, 5.74) is 29.6. The van der Waals surface area contributed by atoms with Crippen LogP contribution < -0.4 is 28.7 Å². The van der Waals surface area contributed by atoms with Crippen molar-refractivity contribution in [1.82, 2.24) is 0 Å². The molecule has 0 bridgehead atoms. The Bertz CT molecular complexity index is 784. The molecular formula is C18H39N5O14S. The topological polar surface area (TPSA) is 363 Å². The van der Waals surface area contributed by atoms with Crippen molar-refractivity contribution >= 4 is 10.4 Å². The van der Waals surface area contributed by atoms with Gasteiger partial charge in [-0.25, -0.2) is 0 Å². The molecule has 15 atom stereocenters. The fourth-order valence-electron chi connectivity index (χ4n) is 4.45. The molecule has 20 heteroatoms. The van der Waals surface area contributed by atoms with E-state index in [4.69, 9.17) is 65.1 Å². The Labute approximate surface area is 217 Å². The van der Waals surface area contributed by atoms with Crippen LogP contribution >= 0.6 is 0 Å². The molecule has 1 aliphatic carbocycles. The van der Waals surface area contributed by atoms with E-state index >= 15 is 0 Å². The summed E-state index contributed by atoms with van der Waals surface area (Å²) in [6.45, 7) is -0.694. The predicted molar refractivity (Wildman–Crippen MR) is 124 cm³/mol. The van der Waals surface area contributed by atoms with Gasteiger partial charge in [0.1, 0.15) is 54.9 Å². The number of ether oxygens (including phenoxy) is 4. The van der Waals surface area contributed by atoms with Crippen LogP contribution in [-0.2, 0) is 29.3 Å². The van der Waals surface area contributed by atoms with Crippen molar-refractivity contribution in [3.05, 3.63) is 0 Å². The minimum Gasteiger partial charge on any atom is -0.394 e. The number of rotatable bonds is 6. The average molecular weight is 582 g/mol. The van der Waals surface area contributed by atoms with E-state index in [-0.39, 0.29) is 13.0 Å². The fraction of sp³-hybridized carbons (Fsp3) is 1.00. The molecule has 226 valence electrons. The van der Waals surface area contributed by atoms with Gasteiger partial charge >= 0.3 is 10.4 Å². The van der Waals surface area contributed by atoms with Crippen molar-refractivity contribution in [1.29, 1.82) is 0 Å². The van der Waals surface area contributed by atoms with Gasteiger partial charge in [0, 0.05) is 18.6 Å². The summed E-state index contributed by atoms with van der Waals surface area (Å²) in [6, 6.07) is -3.92. The van der Waals surface area contributed by atoms with Crippen molar-refractivity contribution in [3.63, 3.8) is 0 Å². The highest BCUT2D eigenvalue weighted by molar-refractivity contribution is 7.79. The summed E-state index contributed by atoms with van der Waals surface area (Å²) in [5.74, 6) is 0. The fourth-order valence-corrected chi connectivity index (χ4v) is 4.45. The summed E-state index contributed by atoms with van der Waals surface area (Å²) >= 11 is 0. The second kappa shape index (κ2) is 13.8. The van der Waals surface area contributed by atoms with E-state index in [1.165, 1.54) is 0 Å². The van der Waals surface area contributed by atoms with E-state index in [0.717, 1.165) is 0 Å². The molecule has 2 aliphatic heterocycles. The minimum atomic E-state index is -4.67. The van der Waals surface area contributed by atoms with Crippen molar-refractivity contribution in [2.75, 3.05) is 13.2 Å². The van der Waals surface area contributed by atoms with Gasteiger partial charge in [-0.1, -0.05) is 0 Å². The standard InChI is InChI=1S/C18H37N5O10.H2O4S/c19-2-6-11(26)12(27)9(23)17(30-6)32-15-4(20)1-5(21)16(14(15)29)33-18-13(28)8(22)10(25)7(3-24)31-18;1-5(2,3)4/h4-18,24-29H,1-3,19-23H2;(H2,1,2,3,4). The summed E-state index contributed by atoms with van der Waals surface area (Å²) in [6.07, 6.45) is -13.9. The van der Waals surface area contributed by atoms with Crippen LogP contribution in [0.3, 0.4) is 0 Å². The molecule has 3 aliphatic rings. The normalized spacial score (nSPS) is 48.2. The van der Waals surface area contributed by atoms with Crippen LogP contribution in [-0.4, -0.2) is 153 Å². The van der Waals surface area contributed by atoms with E-state index in [0.29, 0.717) is 0 Å². The number of aliphatic hydroxyl groups excluding tert-OH is 6. The Balaban J connectivity index is 0.000000926. The summed E-state index contributed by atoms with van der Waals surface area (Å²) in [4.78, 5) is 0. The van der Waals surface area contributed by atoms with Crippen molar-refractivity contribution in [2.45, 2.75) is 98.1 Å². The van der Waals surface area contributed by atoms with Gasteiger partial charge in [-0.3, -0.25) is 9.11 Å². The Morgan fingerprint density at radius 2 is 1.18 bits per heavy atom. The lowest BCUT2D eigenvalue weighted by molar-refractivity contribution is -0.318. The lowest BCUT2D eigenvalue weighted by Crippen LogP contribution is -2.69. The van der Waals surface area contributed by atoms with Crippen molar-refractivity contribution in [2.24, 2.45) is 28.7 Å². The van der Waals surface area contributed by atoms with E-state index in [9.17, 15) is 30.6 Å². The van der Waals surface area contributed by atoms with Gasteiger partial charge in [0.15, 0.2) is 12.6 Å². The van der Waals surface area contributed by atoms with E-state index < -0.39 is 109 Å². The van der Waals surface area contributed by atoms with Gasteiger partial charge in [0.05, 0.1) is 18.7 Å². The molecule has 0 amide bonds. The lowest BCUT2D eigenvalue weighted by Gasteiger charge is -2.48. The van der Waals surface area contributed by atoms with E-state index in [1.807, 2.05) is 0 Å². The Kier molecular flexibility index (Phi) is 12.1. The smallest absolute Gasteiger partial charge is 0.394 e. The molecule has 0 aromatic carbocycles. The molecule has 19 nitrogen and oxygen atoms in total. The van der Waals surface area contributed by atoms with Gasteiger partial charge < -0.3 is 78.3 Å². The van der Waals surface area contributed by atoms with Gasteiger partial charge in [-0.05, 0) is 6.42 Å². The van der Waals surface area contributed by atoms with Gasteiger partial charge in [0.2, 0.25) is 0 Å². The summed E-state index contributed by atoms with van der Waals surface area (Å²) in [5, 5.41) is 60.9. The molecule has 0 aromatic rings. The Hall–Kier alpha value is -0.730. The van der Waals surface area contributed by atoms with Crippen LogP contribution in [0.4, 0.5) is 0 Å². The second-order valence-corrected chi connectivity index (χ2v) is 10.2. The molecule has 2 saturated heterocycles. The quantitative estimate of drug-likeness (QED) is 0.129. The van der Waals surface area contributed by atoms with Crippen LogP contribution in [0, 0.1) is 0 Å². The van der Waals surface area contributed by atoms with Crippen LogP contribution in [0.25, 0.3) is 0 Å². The highest BCUT2D eigenvalue weighted by atomic mass is 32.3. The first kappa shape index (κ1) is 33.5. The van der Waals surface area contributed by atoms with E-state index in [2.05, 4.69) is 0 Å². The summed E-state index contributed by atoms with van der Waals surface area (Å²) in [7, 11) is -4.67. The predicted octanol–water partition coefficient (Wildman–Crippen LogP) is -7.98. The molecule has 15 unspecified atom stereocenters. The maximum atomic E-state index is 11.0. The largest absolute Gasteiger partial charge is 0.394 e. The number of hydrogen-bond donors (Lipinski definition) is 13. The van der Waals surface area contributed by atoms with Gasteiger partial charge in [-0.15, -0.1) is 0 Å². The molecule has 0 spiro atoms. The van der Waals surface area contributed by atoms with Gasteiger partial charge in [-0.2, -0.15) is 8.42 Å². The third kappa shape index (κ3) is 8.15. The maximum Gasteiger partial charge on any atom is 0.394 e. The third-order valence-electron chi connectivity index (χ3n) is 6.56. The molecule has 3 fully saturated rings. The first-order valence-corrected chi connectivity index (χ1v) is 13.0. The molecule has 0 radical (unpaired) electrons. The molecule has 0 aromatic heterocycles. The van der Waals surface area contributed by atoms with Crippen LogP contribution in [0.5, 0.6) is 0 Å². The number of aliphatic hydroxyl groups is 6. The van der Waals surface area contributed by atoms with Crippen molar-refractivity contribution < 1.29 is 67.1 Å². The Morgan fingerprint density at radius 1 is 0.711 bits per heavy atom. The highest BCUT2D eigenvalue weighted by Gasteiger charge is 2.51. The molecule has 1 saturated carbocycles. The zero-order valence-electron chi connectivity index (χ0n) is 20.1. The Morgan fingerprint density at radius 3 is 1.66 bits per heavy atom. The van der Waals surface area contributed by atoms with Crippen molar-refractivity contribution in [3.8, 4) is 0 Å². The van der Waals surface area contributed by atoms with Crippen LogP contribution in [0.2, 0.25) is 0 Å². The zero-order valence-corrected chi connectivity index (χ0v) is 20.9. The second-order valence-electron chi connectivity index (χ2n) is 9.32. The number of nitrogens with two attached hydrogens (primary N) is 5. The SMILES string of the molecule is NCC1OC(OC2C(N)CC(N)C(OC3OC(CO)C(O)C(N)C3O)C2O)C(N)C(O)C1O.O=S(=O)(O)O. The monoisotopic (exact) mass is 581 g/mol. The maximum absolute atomic E-state index is 11.0. The molecule has 18 N–H and O–H groups in total. The molecule has 3 rings (SSSR count). The summed E-state index contributed by atoms with van der Waals surface area (Å²) < 4.78 is 54.1. The molecule has 2 heterocycles. The first-order chi connectivity index (χ1) is 17.5. The third-order valence-corrected chi connectivity index (χ3v) is 6.56. The molecule has 38 heavy (non-hydrogen) atoms. The van der Waals surface area contributed by atoms with Crippen LogP contribution in [0.1, 0.15) is 6.42 Å². The first-order valence-electron chi connectivity index (χ1n) is 11.6. The molecular weight excluding hydrogens is 542 g/mol. The van der Waals surface area contributed by atoms with Gasteiger partial charge in [0.25, 0.3) is 0 Å². The lowest BCUT2D eigenvalue weighted by atomic mass is 9.84. The minimum absolute atomic E-state index is 0.115. The average Bonchev–Trinajstić information content (AvgIpc) is 2.83. The van der Waals surface area contributed by atoms with E-state index in [1.54, 1.807) is 0 Å².